The molecule has 0 aliphatic heterocycles. The highest BCUT2D eigenvalue weighted by atomic mass is 16.5. The molecule has 0 radical (unpaired) electrons. The smallest absolute Gasteiger partial charge is 0.132 e. The van der Waals surface area contributed by atoms with Crippen molar-refractivity contribution >= 4 is 5.78 Å². The maximum Gasteiger partial charge on any atom is 0.132 e. The van der Waals surface area contributed by atoms with E-state index in [0.717, 1.165) is 19.3 Å². The highest BCUT2D eigenvalue weighted by molar-refractivity contribution is 5.78. The fourth-order valence-electron chi connectivity index (χ4n) is 2.72. The van der Waals surface area contributed by atoms with Gasteiger partial charge in [0, 0.05) is 26.2 Å². The van der Waals surface area contributed by atoms with Gasteiger partial charge >= 0.3 is 0 Å². The third kappa shape index (κ3) is 12.6. The van der Waals surface area contributed by atoms with Crippen molar-refractivity contribution in [1.29, 1.82) is 0 Å². The summed E-state index contributed by atoms with van der Waals surface area (Å²) in [7, 11) is 1.66. The van der Waals surface area contributed by atoms with Gasteiger partial charge in [0.05, 0.1) is 25.9 Å². The molecule has 4 unspecified atom stereocenters. The van der Waals surface area contributed by atoms with E-state index in [1.807, 2.05) is 0 Å². The number of hydrogen-bond acceptors (Lipinski definition) is 5. The topological polar surface area (TPSA) is 65.0 Å². The van der Waals surface area contributed by atoms with E-state index in [1.165, 1.54) is 0 Å². The second-order valence-corrected chi connectivity index (χ2v) is 6.61. The van der Waals surface area contributed by atoms with E-state index in [2.05, 4.69) is 13.8 Å². The van der Waals surface area contributed by atoms with Gasteiger partial charge in [0.25, 0.3) is 0 Å². The number of hydrogen-bond donors (Lipinski definition) is 1. The molecule has 0 amide bonds. The fourth-order valence-corrected chi connectivity index (χ4v) is 2.72. The normalized spacial score (nSPS) is 16.8. The van der Waals surface area contributed by atoms with Crippen LogP contribution >= 0.6 is 0 Å². The molecule has 138 valence electrons. The summed E-state index contributed by atoms with van der Waals surface area (Å²) in [5.41, 5.74) is 0. The summed E-state index contributed by atoms with van der Waals surface area (Å²) in [4.78, 5) is 11.7. The summed E-state index contributed by atoms with van der Waals surface area (Å²) in [6.45, 7) is 10.4. The van der Waals surface area contributed by atoms with Crippen LogP contribution in [0.5, 0.6) is 0 Å². The lowest BCUT2D eigenvalue weighted by molar-refractivity contribution is -0.121. The maximum absolute atomic E-state index is 11.7. The molecule has 0 aromatic heterocycles. The standard InChI is InChI=1S/C18H36O5/c1-6-18(16(4)20)10-17(13-22-8-7-21-5)9-14(2)11-23-12-15(3)19/h14-15,17-19H,6-13H2,1-5H3. The molecule has 0 aliphatic carbocycles. The molecule has 0 bridgehead atoms. The molecule has 0 aromatic rings. The predicted octanol–water partition coefficient (Wildman–Crippen LogP) is 2.69. The van der Waals surface area contributed by atoms with Crippen molar-refractivity contribution in [3.05, 3.63) is 0 Å². The van der Waals surface area contributed by atoms with Crippen LogP contribution in [-0.2, 0) is 19.0 Å². The first-order valence-electron chi connectivity index (χ1n) is 8.73. The molecule has 5 heteroatoms. The van der Waals surface area contributed by atoms with Gasteiger partial charge < -0.3 is 19.3 Å². The SMILES string of the molecule is CCC(CC(COCCOC)CC(C)COCC(C)O)C(C)=O. The molecule has 0 saturated carbocycles. The summed E-state index contributed by atoms with van der Waals surface area (Å²) >= 11 is 0. The second-order valence-electron chi connectivity index (χ2n) is 6.61. The Morgan fingerprint density at radius 1 is 1.04 bits per heavy atom. The lowest BCUT2D eigenvalue weighted by atomic mass is 9.85. The number of methoxy groups -OCH3 is 1. The molecule has 0 aliphatic rings. The molecular formula is C18H36O5. The Balaban J connectivity index is 4.36. The van der Waals surface area contributed by atoms with Gasteiger partial charge in [-0.3, -0.25) is 4.79 Å². The largest absolute Gasteiger partial charge is 0.391 e. The van der Waals surface area contributed by atoms with Gasteiger partial charge in [0.2, 0.25) is 0 Å². The number of ketones is 1. The average Bonchev–Trinajstić information content (AvgIpc) is 2.47. The van der Waals surface area contributed by atoms with Crippen molar-refractivity contribution in [3.63, 3.8) is 0 Å². The molecule has 0 saturated heterocycles. The van der Waals surface area contributed by atoms with Crippen LogP contribution in [0.3, 0.4) is 0 Å². The van der Waals surface area contributed by atoms with Crippen molar-refractivity contribution in [2.24, 2.45) is 17.8 Å². The number of rotatable bonds is 15. The van der Waals surface area contributed by atoms with Gasteiger partial charge in [-0.05, 0) is 44.9 Å². The summed E-state index contributed by atoms with van der Waals surface area (Å²) in [5, 5.41) is 9.23. The van der Waals surface area contributed by atoms with Crippen LogP contribution in [0.25, 0.3) is 0 Å². The molecule has 0 aromatic carbocycles. The van der Waals surface area contributed by atoms with Crippen LogP contribution in [0.15, 0.2) is 0 Å². The fraction of sp³-hybridized carbons (Fsp3) is 0.944. The number of carbonyl (C=O) groups excluding carboxylic acids is 1. The van der Waals surface area contributed by atoms with Gasteiger partial charge in [-0.2, -0.15) is 0 Å². The Hall–Kier alpha value is -0.490. The zero-order chi connectivity index (χ0) is 17.7. The zero-order valence-electron chi connectivity index (χ0n) is 15.5. The summed E-state index contributed by atoms with van der Waals surface area (Å²) in [6, 6.07) is 0. The Labute approximate surface area is 141 Å². The van der Waals surface area contributed by atoms with Crippen LogP contribution in [0, 0.1) is 17.8 Å². The van der Waals surface area contributed by atoms with E-state index in [4.69, 9.17) is 14.2 Å². The third-order valence-electron chi connectivity index (χ3n) is 3.97. The minimum atomic E-state index is -0.433. The number of aliphatic hydroxyl groups excluding tert-OH is 1. The van der Waals surface area contributed by atoms with Crippen molar-refractivity contribution in [2.75, 3.05) is 40.1 Å². The molecule has 1 N–H and O–H groups in total. The van der Waals surface area contributed by atoms with Crippen LogP contribution in [0.1, 0.15) is 47.0 Å². The van der Waals surface area contributed by atoms with Crippen molar-refractivity contribution in [1.82, 2.24) is 0 Å². The van der Waals surface area contributed by atoms with Crippen LogP contribution < -0.4 is 0 Å². The molecular weight excluding hydrogens is 296 g/mol. The first-order valence-corrected chi connectivity index (χ1v) is 8.73. The van der Waals surface area contributed by atoms with Crippen LogP contribution in [0.2, 0.25) is 0 Å². The van der Waals surface area contributed by atoms with E-state index in [-0.39, 0.29) is 11.7 Å². The quantitative estimate of drug-likeness (QED) is 0.467. The second kappa shape index (κ2) is 13.9. The summed E-state index contributed by atoms with van der Waals surface area (Å²) in [5.74, 6) is 1.07. The van der Waals surface area contributed by atoms with E-state index >= 15 is 0 Å². The van der Waals surface area contributed by atoms with Gasteiger partial charge in [-0.25, -0.2) is 0 Å². The Bertz CT molecular complexity index is 293. The van der Waals surface area contributed by atoms with Crippen LogP contribution in [-0.4, -0.2) is 57.1 Å². The predicted molar refractivity (Wildman–Crippen MR) is 91.5 cm³/mol. The number of ether oxygens (including phenoxy) is 3. The maximum atomic E-state index is 11.7. The van der Waals surface area contributed by atoms with E-state index in [0.29, 0.717) is 44.9 Å². The van der Waals surface area contributed by atoms with E-state index in [9.17, 15) is 9.90 Å². The van der Waals surface area contributed by atoms with Crippen molar-refractivity contribution < 1.29 is 24.1 Å². The monoisotopic (exact) mass is 332 g/mol. The molecule has 0 heterocycles. The minimum absolute atomic E-state index is 0.108. The number of carbonyl (C=O) groups is 1. The highest BCUT2D eigenvalue weighted by Crippen LogP contribution is 2.24. The Morgan fingerprint density at radius 3 is 2.26 bits per heavy atom. The van der Waals surface area contributed by atoms with E-state index < -0.39 is 6.10 Å². The van der Waals surface area contributed by atoms with Gasteiger partial charge in [0.15, 0.2) is 0 Å². The molecule has 4 atom stereocenters. The van der Waals surface area contributed by atoms with Gasteiger partial charge in [0.1, 0.15) is 5.78 Å². The zero-order valence-corrected chi connectivity index (χ0v) is 15.5. The summed E-state index contributed by atoms with van der Waals surface area (Å²) in [6.07, 6.45) is 2.25. The number of Topliss-reactive ketones (excluding diaryl/α,β-unsaturated/α-hetero) is 1. The van der Waals surface area contributed by atoms with Crippen molar-refractivity contribution in [2.45, 2.75) is 53.1 Å². The molecule has 0 rings (SSSR count). The van der Waals surface area contributed by atoms with E-state index in [1.54, 1.807) is 21.0 Å². The molecule has 23 heavy (non-hydrogen) atoms. The molecule has 0 fully saturated rings. The highest BCUT2D eigenvalue weighted by Gasteiger charge is 2.21. The molecule has 0 spiro atoms. The summed E-state index contributed by atoms with van der Waals surface area (Å²) < 4.78 is 16.2. The van der Waals surface area contributed by atoms with Gasteiger partial charge in [-0.15, -0.1) is 0 Å². The Morgan fingerprint density at radius 2 is 1.74 bits per heavy atom. The van der Waals surface area contributed by atoms with Crippen molar-refractivity contribution in [3.8, 4) is 0 Å². The average molecular weight is 332 g/mol. The lowest BCUT2D eigenvalue weighted by Crippen LogP contribution is -2.23. The minimum Gasteiger partial charge on any atom is -0.391 e. The van der Waals surface area contributed by atoms with Gasteiger partial charge in [-0.1, -0.05) is 13.8 Å². The third-order valence-corrected chi connectivity index (χ3v) is 3.97. The molecule has 5 nitrogen and oxygen atoms in total. The first kappa shape index (κ1) is 22.5. The Kier molecular flexibility index (Phi) is 13.6. The van der Waals surface area contributed by atoms with Crippen LogP contribution in [0.4, 0.5) is 0 Å². The number of aliphatic hydroxyl groups is 1. The first-order chi connectivity index (χ1) is 10.9. The lowest BCUT2D eigenvalue weighted by Gasteiger charge is -2.24.